The standard InChI is InChI=1S/C27H39N3O5S/c1-6-21(3)28-27(32)23(7-2)29(20-22-14-9-8-10-15-22)26(31)18-13-19-30(36(5,33)34)24-16-11-12-17-25(24)35-4/h8-12,14-17,21,23H,6-7,13,18-20H2,1-5H3,(H,28,32)/t21-,23+/m0/s1. The van der Waals surface area contributed by atoms with E-state index in [1.54, 1.807) is 29.2 Å². The van der Waals surface area contributed by atoms with E-state index >= 15 is 0 Å². The second-order valence-corrected chi connectivity index (χ2v) is 10.8. The van der Waals surface area contributed by atoms with Crippen LogP contribution in [0.4, 0.5) is 5.69 Å². The molecule has 0 aliphatic carbocycles. The maximum Gasteiger partial charge on any atom is 0.243 e. The predicted molar refractivity (Wildman–Crippen MR) is 143 cm³/mol. The Labute approximate surface area is 215 Å². The van der Waals surface area contributed by atoms with Crippen LogP contribution in [-0.4, -0.2) is 57.1 Å². The van der Waals surface area contributed by atoms with Crippen molar-refractivity contribution in [3.05, 3.63) is 60.2 Å². The number of ether oxygens (including phenoxy) is 1. The van der Waals surface area contributed by atoms with E-state index in [2.05, 4.69) is 5.32 Å². The number of anilines is 1. The van der Waals surface area contributed by atoms with Crippen LogP contribution in [0.3, 0.4) is 0 Å². The highest BCUT2D eigenvalue weighted by atomic mass is 32.2. The van der Waals surface area contributed by atoms with Crippen molar-refractivity contribution in [2.75, 3.05) is 24.2 Å². The zero-order valence-electron chi connectivity index (χ0n) is 21.9. The van der Waals surface area contributed by atoms with Crippen molar-refractivity contribution >= 4 is 27.5 Å². The van der Waals surface area contributed by atoms with E-state index in [1.165, 1.54) is 11.4 Å². The molecule has 0 aliphatic rings. The number of benzene rings is 2. The van der Waals surface area contributed by atoms with Gasteiger partial charge in [-0.15, -0.1) is 0 Å². The average molecular weight is 518 g/mol. The minimum atomic E-state index is -3.60. The largest absolute Gasteiger partial charge is 0.495 e. The van der Waals surface area contributed by atoms with Gasteiger partial charge in [-0.2, -0.15) is 0 Å². The molecule has 0 radical (unpaired) electrons. The molecule has 0 unspecified atom stereocenters. The fourth-order valence-electron chi connectivity index (χ4n) is 3.96. The molecule has 0 heterocycles. The molecule has 36 heavy (non-hydrogen) atoms. The van der Waals surface area contributed by atoms with Crippen LogP contribution in [0.25, 0.3) is 0 Å². The van der Waals surface area contributed by atoms with Crippen LogP contribution in [0.5, 0.6) is 5.75 Å². The molecule has 198 valence electrons. The van der Waals surface area contributed by atoms with Crippen LogP contribution in [0.1, 0.15) is 52.0 Å². The number of rotatable bonds is 14. The maximum atomic E-state index is 13.5. The third-order valence-corrected chi connectivity index (χ3v) is 7.27. The molecular formula is C27H39N3O5S. The zero-order chi connectivity index (χ0) is 26.7. The number of hydrogen-bond acceptors (Lipinski definition) is 5. The van der Waals surface area contributed by atoms with Gasteiger partial charge in [0.2, 0.25) is 21.8 Å². The number of nitrogens with zero attached hydrogens (tertiary/aromatic N) is 2. The predicted octanol–water partition coefficient (Wildman–Crippen LogP) is 3.96. The van der Waals surface area contributed by atoms with Gasteiger partial charge in [0.15, 0.2) is 0 Å². The normalized spacial score (nSPS) is 12.9. The Morgan fingerprint density at radius 2 is 1.64 bits per heavy atom. The van der Waals surface area contributed by atoms with Gasteiger partial charge in [0.05, 0.1) is 19.1 Å². The average Bonchev–Trinajstić information content (AvgIpc) is 2.86. The number of para-hydroxylation sites is 2. The fourth-order valence-corrected chi connectivity index (χ4v) is 4.93. The van der Waals surface area contributed by atoms with Gasteiger partial charge in [-0.25, -0.2) is 8.42 Å². The lowest BCUT2D eigenvalue weighted by Gasteiger charge is -2.32. The van der Waals surface area contributed by atoms with Gasteiger partial charge in [0.25, 0.3) is 0 Å². The Kier molecular flexibility index (Phi) is 11.2. The molecule has 2 amide bonds. The van der Waals surface area contributed by atoms with Crippen LogP contribution in [0.2, 0.25) is 0 Å². The summed E-state index contributed by atoms with van der Waals surface area (Å²) in [6, 6.07) is 15.8. The molecule has 0 fully saturated rings. The summed E-state index contributed by atoms with van der Waals surface area (Å²) in [5, 5.41) is 3.00. The number of hydrogen-bond donors (Lipinski definition) is 1. The van der Waals surface area contributed by atoms with Gasteiger partial charge in [-0.1, -0.05) is 56.3 Å². The van der Waals surface area contributed by atoms with Crippen molar-refractivity contribution < 1.29 is 22.7 Å². The van der Waals surface area contributed by atoms with Crippen molar-refractivity contribution in [2.24, 2.45) is 0 Å². The topological polar surface area (TPSA) is 96.0 Å². The number of nitrogens with one attached hydrogen (secondary N) is 1. The summed E-state index contributed by atoms with van der Waals surface area (Å²) in [6.45, 7) is 6.23. The van der Waals surface area contributed by atoms with Crippen molar-refractivity contribution in [1.82, 2.24) is 10.2 Å². The van der Waals surface area contributed by atoms with Crippen LogP contribution in [-0.2, 0) is 26.2 Å². The Hall–Kier alpha value is -3.07. The first kappa shape index (κ1) is 29.2. The fraction of sp³-hybridized carbons (Fsp3) is 0.481. The number of sulfonamides is 1. The van der Waals surface area contributed by atoms with E-state index in [1.807, 2.05) is 51.1 Å². The molecule has 2 aromatic rings. The molecule has 0 aromatic heterocycles. The second-order valence-electron chi connectivity index (χ2n) is 8.86. The van der Waals surface area contributed by atoms with Gasteiger partial charge in [0.1, 0.15) is 11.8 Å². The minimum absolute atomic E-state index is 0.00407. The number of amides is 2. The SMILES string of the molecule is CC[C@H](C(=O)N[C@@H](C)CC)N(Cc1ccccc1)C(=O)CCCN(c1ccccc1OC)S(C)(=O)=O. The summed E-state index contributed by atoms with van der Waals surface area (Å²) in [6.07, 6.45) is 2.78. The number of methoxy groups -OCH3 is 1. The lowest BCUT2D eigenvalue weighted by Crippen LogP contribution is -2.50. The Morgan fingerprint density at radius 1 is 1.00 bits per heavy atom. The first-order valence-corrected chi connectivity index (χ1v) is 14.2. The lowest BCUT2D eigenvalue weighted by molar-refractivity contribution is -0.141. The molecule has 2 atom stereocenters. The smallest absolute Gasteiger partial charge is 0.243 e. The Bertz CT molecular complexity index is 1090. The second kappa shape index (κ2) is 13.9. The van der Waals surface area contributed by atoms with Gasteiger partial charge in [-0.05, 0) is 43.9 Å². The van der Waals surface area contributed by atoms with Crippen molar-refractivity contribution in [3.63, 3.8) is 0 Å². The third kappa shape index (κ3) is 8.26. The quantitative estimate of drug-likeness (QED) is 0.409. The molecular weight excluding hydrogens is 478 g/mol. The van der Waals surface area contributed by atoms with Crippen LogP contribution < -0.4 is 14.4 Å². The molecule has 0 spiro atoms. The van der Waals surface area contributed by atoms with Crippen molar-refractivity contribution in [3.8, 4) is 5.75 Å². The van der Waals surface area contributed by atoms with Crippen molar-refractivity contribution in [1.29, 1.82) is 0 Å². The monoisotopic (exact) mass is 517 g/mol. The molecule has 0 bridgehead atoms. The summed E-state index contributed by atoms with van der Waals surface area (Å²) >= 11 is 0. The number of carbonyl (C=O) groups excluding carboxylic acids is 2. The number of carbonyl (C=O) groups is 2. The highest BCUT2D eigenvalue weighted by molar-refractivity contribution is 7.92. The van der Waals surface area contributed by atoms with E-state index in [4.69, 9.17) is 4.74 Å². The first-order valence-electron chi connectivity index (χ1n) is 12.4. The summed E-state index contributed by atoms with van der Waals surface area (Å²) in [5.74, 6) is 0.0640. The summed E-state index contributed by atoms with van der Waals surface area (Å²) < 4.78 is 31.7. The van der Waals surface area contributed by atoms with E-state index < -0.39 is 16.1 Å². The molecule has 2 aromatic carbocycles. The van der Waals surface area contributed by atoms with E-state index in [-0.39, 0.29) is 30.8 Å². The molecule has 2 rings (SSSR count). The van der Waals surface area contributed by atoms with E-state index in [0.29, 0.717) is 30.8 Å². The molecule has 0 saturated carbocycles. The van der Waals surface area contributed by atoms with Crippen LogP contribution in [0.15, 0.2) is 54.6 Å². The van der Waals surface area contributed by atoms with Gasteiger partial charge in [-0.3, -0.25) is 13.9 Å². The van der Waals surface area contributed by atoms with Crippen molar-refractivity contribution in [2.45, 2.75) is 65.1 Å². The lowest BCUT2D eigenvalue weighted by atomic mass is 10.1. The summed E-state index contributed by atoms with van der Waals surface area (Å²) in [7, 11) is -2.12. The van der Waals surface area contributed by atoms with E-state index in [9.17, 15) is 18.0 Å². The molecule has 0 saturated heterocycles. The molecule has 9 heteroatoms. The van der Waals surface area contributed by atoms with Gasteiger partial charge < -0.3 is 15.0 Å². The Balaban J connectivity index is 2.22. The maximum absolute atomic E-state index is 13.5. The molecule has 0 aliphatic heterocycles. The highest BCUT2D eigenvalue weighted by Crippen LogP contribution is 2.29. The minimum Gasteiger partial charge on any atom is -0.495 e. The van der Waals surface area contributed by atoms with E-state index in [0.717, 1.165) is 18.2 Å². The van der Waals surface area contributed by atoms with Gasteiger partial charge >= 0.3 is 0 Å². The summed E-state index contributed by atoms with van der Waals surface area (Å²) in [5.41, 5.74) is 1.35. The molecule has 8 nitrogen and oxygen atoms in total. The summed E-state index contributed by atoms with van der Waals surface area (Å²) in [4.78, 5) is 28.1. The highest BCUT2D eigenvalue weighted by Gasteiger charge is 2.29. The molecule has 1 N–H and O–H groups in total. The first-order chi connectivity index (χ1) is 17.1. The van der Waals surface area contributed by atoms with Crippen LogP contribution in [0, 0.1) is 0 Å². The Morgan fingerprint density at radius 3 is 2.22 bits per heavy atom. The van der Waals surface area contributed by atoms with Crippen LogP contribution >= 0.6 is 0 Å². The van der Waals surface area contributed by atoms with Gasteiger partial charge in [0, 0.05) is 25.6 Å². The third-order valence-electron chi connectivity index (χ3n) is 6.09. The zero-order valence-corrected chi connectivity index (χ0v) is 22.8.